The highest BCUT2D eigenvalue weighted by Gasteiger charge is 2.20. The van der Waals surface area contributed by atoms with E-state index in [0.29, 0.717) is 12.6 Å². The first-order valence-electron chi connectivity index (χ1n) is 8.95. The van der Waals surface area contributed by atoms with E-state index >= 15 is 0 Å². The molecule has 1 atom stereocenters. The standard InChI is InChI=1S/C22H22N2O2/c1-2-7-22-20(6-1)21(12-14-25-22)24-15-17-8-10-19(11-9-17)26-16-18-5-3-4-13-23-18/h1-11,13,21,24H,12,14-16H2/t21-/m0/s1. The van der Waals surface area contributed by atoms with Gasteiger partial charge in [0.2, 0.25) is 0 Å². The number of aromatic nitrogens is 1. The molecule has 0 aliphatic carbocycles. The van der Waals surface area contributed by atoms with Crippen LogP contribution < -0.4 is 14.8 Å². The van der Waals surface area contributed by atoms with Gasteiger partial charge in [-0.2, -0.15) is 0 Å². The fourth-order valence-corrected chi connectivity index (χ4v) is 3.14. The molecule has 0 unspecified atom stereocenters. The molecule has 0 saturated carbocycles. The van der Waals surface area contributed by atoms with Gasteiger partial charge >= 0.3 is 0 Å². The molecule has 0 radical (unpaired) electrons. The van der Waals surface area contributed by atoms with Gasteiger partial charge in [0.25, 0.3) is 0 Å². The summed E-state index contributed by atoms with van der Waals surface area (Å²) in [7, 11) is 0. The number of rotatable bonds is 6. The number of hydrogen-bond donors (Lipinski definition) is 1. The summed E-state index contributed by atoms with van der Waals surface area (Å²) in [6.07, 6.45) is 2.77. The van der Waals surface area contributed by atoms with E-state index in [9.17, 15) is 0 Å². The highest BCUT2D eigenvalue weighted by atomic mass is 16.5. The number of pyridine rings is 1. The quantitative estimate of drug-likeness (QED) is 0.724. The number of para-hydroxylation sites is 1. The van der Waals surface area contributed by atoms with Crippen LogP contribution in [0.3, 0.4) is 0 Å². The number of benzene rings is 2. The van der Waals surface area contributed by atoms with Crippen LogP contribution in [0.2, 0.25) is 0 Å². The maximum Gasteiger partial charge on any atom is 0.130 e. The average Bonchev–Trinajstić information content (AvgIpc) is 2.72. The van der Waals surface area contributed by atoms with Crippen LogP contribution in [-0.4, -0.2) is 11.6 Å². The largest absolute Gasteiger partial charge is 0.493 e. The Labute approximate surface area is 153 Å². The maximum atomic E-state index is 5.79. The highest BCUT2D eigenvalue weighted by molar-refractivity contribution is 5.37. The van der Waals surface area contributed by atoms with E-state index in [1.165, 1.54) is 11.1 Å². The Kier molecular flexibility index (Phi) is 5.12. The highest BCUT2D eigenvalue weighted by Crippen LogP contribution is 2.31. The molecule has 26 heavy (non-hydrogen) atoms. The third-order valence-electron chi connectivity index (χ3n) is 4.55. The fraction of sp³-hybridized carbons (Fsp3) is 0.227. The van der Waals surface area contributed by atoms with Crippen molar-refractivity contribution in [2.45, 2.75) is 25.6 Å². The monoisotopic (exact) mass is 346 g/mol. The lowest BCUT2D eigenvalue weighted by Crippen LogP contribution is -2.26. The number of nitrogens with one attached hydrogen (secondary N) is 1. The van der Waals surface area contributed by atoms with Crippen molar-refractivity contribution in [3.8, 4) is 11.5 Å². The minimum atomic E-state index is 0.333. The molecule has 0 spiro atoms. The second-order valence-electron chi connectivity index (χ2n) is 6.36. The summed E-state index contributed by atoms with van der Waals surface area (Å²) in [6, 6.07) is 22.7. The van der Waals surface area contributed by atoms with Gasteiger partial charge in [-0.3, -0.25) is 4.98 Å². The van der Waals surface area contributed by atoms with E-state index in [0.717, 1.165) is 36.8 Å². The maximum absolute atomic E-state index is 5.79. The summed E-state index contributed by atoms with van der Waals surface area (Å²) in [6.45, 7) is 2.06. The van der Waals surface area contributed by atoms with Crippen LogP contribution in [0, 0.1) is 0 Å². The zero-order chi connectivity index (χ0) is 17.6. The van der Waals surface area contributed by atoms with Gasteiger partial charge in [0.05, 0.1) is 12.3 Å². The van der Waals surface area contributed by atoms with Gasteiger partial charge in [-0.1, -0.05) is 36.4 Å². The lowest BCUT2D eigenvalue weighted by atomic mass is 10.0. The molecule has 1 aliphatic rings. The van der Waals surface area contributed by atoms with Gasteiger partial charge in [0.1, 0.15) is 18.1 Å². The predicted molar refractivity (Wildman–Crippen MR) is 101 cm³/mol. The van der Waals surface area contributed by atoms with E-state index in [1.54, 1.807) is 6.20 Å². The number of fused-ring (bicyclic) bond motifs is 1. The normalized spacial score (nSPS) is 15.8. The summed E-state index contributed by atoms with van der Waals surface area (Å²) >= 11 is 0. The van der Waals surface area contributed by atoms with Gasteiger partial charge in [0, 0.05) is 30.8 Å². The SMILES string of the molecule is c1ccc(COc2ccc(CN[C@H]3CCOc4ccccc43)cc2)nc1. The van der Waals surface area contributed by atoms with Crippen molar-refractivity contribution in [2.24, 2.45) is 0 Å². The van der Waals surface area contributed by atoms with E-state index in [2.05, 4.69) is 34.6 Å². The topological polar surface area (TPSA) is 43.4 Å². The van der Waals surface area contributed by atoms with Crippen LogP contribution in [0.25, 0.3) is 0 Å². The van der Waals surface area contributed by atoms with Crippen molar-refractivity contribution >= 4 is 0 Å². The summed E-state index contributed by atoms with van der Waals surface area (Å²) in [5.41, 5.74) is 3.41. The van der Waals surface area contributed by atoms with Crippen molar-refractivity contribution in [2.75, 3.05) is 6.61 Å². The molecule has 1 aliphatic heterocycles. The van der Waals surface area contributed by atoms with Crippen molar-refractivity contribution in [3.63, 3.8) is 0 Å². The Morgan fingerprint density at radius 2 is 1.85 bits per heavy atom. The molecule has 132 valence electrons. The molecule has 3 aromatic rings. The van der Waals surface area contributed by atoms with Crippen LogP contribution >= 0.6 is 0 Å². The smallest absolute Gasteiger partial charge is 0.130 e. The van der Waals surface area contributed by atoms with Crippen molar-refractivity contribution in [1.82, 2.24) is 10.3 Å². The third-order valence-corrected chi connectivity index (χ3v) is 4.55. The van der Waals surface area contributed by atoms with E-state index in [-0.39, 0.29) is 0 Å². The summed E-state index contributed by atoms with van der Waals surface area (Å²) < 4.78 is 11.5. The molecular formula is C22H22N2O2. The molecule has 0 amide bonds. The van der Waals surface area contributed by atoms with Crippen LogP contribution in [0.1, 0.15) is 29.3 Å². The first-order chi connectivity index (χ1) is 12.9. The fourth-order valence-electron chi connectivity index (χ4n) is 3.14. The van der Waals surface area contributed by atoms with Gasteiger partial charge in [-0.05, 0) is 35.9 Å². The average molecular weight is 346 g/mol. The molecular weight excluding hydrogens is 324 g/mol. The molecule has 0 fully saturated rings. The minimum absolute atomic E-state index is 0.333. The Balaban J connectivity index is 1.32. The van der Waals surface area contributed by atoms with Gasteiger partial charge < -0.3 is 14.8 Å². The summed E-state index contributed by atoms with van der Waals surface area (Å²) in [5.74, 6) is 1.85. The number of nitrogens with zero attached hydrogens (tertiary/aromatic N) is 1. The molecule has 2 heterocycles. The molecule has 0 bridgehead atoms. The van der Waals surface area contributed by atoms with Crippen LogP contribution in [0.15, 0.2) is 72.9 Å². The Bertz CT molecular complexity index is 834. The van der Waals surface area contributed by atoms with Crippen molar-refractivity contribution in [1.29, 1.82) is 0 Å². The first kappa shape index (κ1) is 16.6. The second-order valence-corrected chi connectivity index (χ2v) is 6.36. The molecule has 0 saturated heterocycles. The second kappa shape index (κ2) is 8.02. The summed E-state index contributed by atoms with van der Waals surface area (Å²) in [4.78, 5) is 4.27. The predicted octanol–water partition coefficient (Wildman–Crippen LogP) is 4.27. The zero-order valence-electron chi connectivity index (χ0n) is 14.6. The third kappa shape index (κ3) is 4.03. The van der Waals surface area contributed by atoms with Crippen molar-refractivity contribution < 1.29 is 9.47 Å². The van der Waals surface area contributed by atoms with Crippen LogP contribution in [0.5, 0.6) is 11.5 Å². The first-order valence-corrected chi connectivity index (χ1v) is 8.95. The molecule has 4 heteroatoms. The summed E-state index contributed by atoms with van der Waals surface area (Å²) in [5, 5.41) is 3.64. The molecule has 4 rings (SSSR count). The van der Waals surface area contributed by atoms with Crippen LogP contribution in [0.4, 0.5) is 0 Å². The van der Waals surface area contributed by atoms with Crippen molar-refractivity contribution in [3.05, 3.63) is 89.7 Å². The Morgan fingerprint density at radius 3 is 2.69 bits per heavy atom. The van der Waals surface area contributed by atoms with E-state index < -0.39 is 0 Å². The number of ether oxygens (including phenoxy) is 2. The zero-order valence-corrected chi connectivity index (χ0v) is 14.6. The van der Waals surface area contributed by atoms with Crippen LogP contribution in [-0.2, 0) is 13.2 Å². The molecule has 4 nitrogen and oxygen atoms in total. The lowest BCUT2D eigenvalue weighted by Gasteiger charge is -2.26. The van der Waals surface area contributed by atoms with E-state index in [1.807, 2.05) is 42.5 Å². The number of hydrogen-bond acceptors (Lipinski definition) is 4. The molecule has 2 aromatic carbocycles. The molecule has 1 aromatic heterocycles. The Hall–Kier alpha value is -2.85. The Morgan fingerprint density at radius 1 is 1.00 bits per heavy atom. The van der Waals surface area contributed by atoms with Gasteiger partial charge in [-0.25, -0.2) is 0 Å². The van der Waals surface area contributed by atoms with Gasteiger partial charge in [-0.15, -0.1) is 0 Å². The minimum Gasteiger partial charge on any atom is -0.493 e. The molecule has 1 N–H and O–H groups in total. The van der Waals surface area contributed by atoms with E-state index in [4.69, 9.17) is 9.47 Å². The lowest BCUT2D eigenvalue weighted by molar-refractivity contribution is 0.252. The van der Waals surface area contributed by atoms with Gasteiger partial charge in [0.15, 0.2) is 0 Å².